The first kappa shape index (κ1) is 13.0. The van der Waals surface area contributed by atoms with Gasteiger partial charge in [0.05, 0.1) is 0 Å². The number of hydrogen-bond donors (Lipinski definition) is 1. The SMILES string of the molecule is CC(=O)Nc1ccc(C(=O)C[n+]2ccccc2)cc1. The highest BCUT2D eigenvalue weighted by Crippen LogP contribution is 2.10. The average Bonchev–Trinajstić information content (AvgIpc) is 2.40. The molecule has 0 radical (unpaired) electrons. The summed E-state index contributed by atoms with van der Waals surface area (Å²) in [6.07, 6.45) is 3.70. The molecule has 0 bridgehead atoms. The Morgan fingerprint density at radius 1 is 1.05 bits per heavy atom. The van der Waals surface area contributed by atoms with Gasteiger partial charge >= 0.3 is 0 Å². The van der Waals surface area contributed by atoms with Crippen molar-refractivity contribution in [2.24, 2.45) is 0 Å². The second-order valence-corrected chi connectivity index (χ2v) is 4.23. The zero-order valence-corrected chi connectivity index (χ0v) is 10.7. The third-order valence-corrected chi connectivity index (χ3v) is 2.63. The summed E-state index contributed by atoms with van der Waals surface area (Å²) >= 11 is 0. The number of ketones is 1. The quantitative estimate of drug-likeness (QED) is 0.669. The number of pyridine rings is 1. The number of nitrogens with zero attached hydrogens (tertiary/aromatic N) is 1. The molecule has 0 atom stereocenters. The van der Waals surface area contributed by atoms with Crippen LogP contribution in [0.1, 0.15) is 17.3 Å². The van der Waals surface area contributed by atoms with Gasteiger partial charge in [-0.05, 0) is 24.3 Å². The van der Waals surface area contributed by atoms with Crippen LogP contribution in [0.15, 0.2) is 54.9 Å². The standard InChI is InChI=1S/C15H14N2O2/c1-12(18)16-14-7-5-13(6-8-14)15(19)11-17-9-3-2-4-10-17/h2-10H,11H2,1H3/p+1. The molecule has 0 saturated carbocycles. The Labute approximate surface area is 111 Å². The van der Waals surface area contributed by atoms with E-state index in [0.29, 0.717) is 17.8 Å². The van der Waals surface area contributed by atoms with Gasteiger partial charge in [0.2, 0.25) is 18.2 Å². The van der Waals surface area contributed by atoms with Crippen LogP contribution in [0.2, 0.25) is 0 Å². The van der Waals surface area contributed by atoms with Crippen molar-refractivity contribution in [1.82, 2.24) is 0 Å². The van der Waals surface area contributed by atoms with Crippen LogP contribution in [0.3, 0.4) is 0 Å². The number of nitrogens with one attached hydrogen (secondary N) is 1. The number of benzene rings is 1. The monoisotopic (exact) mass is 255 g/mol. The van der Waals surface area contributed by atoms with Crippen molar-refractivity contribution in [3.05, 3.63) is 60.4 Å². The maximum Gasteiger partial charge on any atom is 0.227 e. The Bertz CT molecular complexity index is 577. The summed E-state index contributed by atoms with van der Waals surface area (Å²) < 4.78 is 1.82. The van der Waals surface area contributed by atoms with E-state index < -0.39 is 0 Å². The predicted molar refractivity (Wildman–Crippen MR) is 71.7 cm³/mol. The van der Waals surface area contributed by atoms with E-state index in [1.54, 1.807) is 24.3 Å². The zero-order valence-electron chi connectivity index (χ0n) is 10.7. The zero-order chi connectivity index (χ0) is 13.7. The Morgan fingerprint density at radius 3 is 2.26 bits per heavy atom. The van der Waals surface area contributed by atoms with E-state index in [1.807, 2.05) is 35.2 Å². The van der Waals surface area contributed by atoms with E-state index >= 15 is 0 Å². The van der Waals surface area contributed by atoms with Gasteiger partial charge in [0.1, 0.15) is 0 Å². The van der Waals surface area contributed by atoms with Crippen molar-refractivity contribution in [2.75, 3.05) is 5.32 Å². The molecule has 2 rings (SSSR count). The Morgan fingerprint density at radius 2 is 1.68 bits per heavy atom. The number of rotatable bonds is 4. The number of aromatic nitrogens is 1. The van der Waals surface area contributed by atoms with Crippen molar-refractivity contribution < 1.29 is 14.2 Å². The highest BCUT2D eigenvalue weighted by atomic mass is 16.1. The van der Waals surface area contributed by atoms with Crippen molar-refractivity contribution in [2.45, 2.75) is 13.5 Å². The van der Waals surface area contributed by atoms with Crippen molar-refractivity contribution in [1.29, 1.82) is 0 Å². The molecule has 4 heteroatoms. The highest BCUT2D eigenvalue weighted by Gasteiger charge is 2.11. The molecule has 1 heterocycles. The van der Waals surface area contributed by atoms with Crippen LogP contribution in [0, 0.1) is 0 Å². The summed E-state index contributed by atoms with van der Waals surface area (Å²) in [6.45, 7) is 1.76. The molecule has 0 unspecified atom stereocenters. The second-order valence-electron chi connectivity index (χ2n) is 4.23. The van der Waals surface area contributed by atoms with Gasteiger partial charge in [0.15, 0.2) is 12.4 Å². The van der Waals surface area contributed by atoms with Gasteiger partial charge in [-0.15, -0.1) is 0 Å². The molecule has 1 aromatic heterocycles. The largest absolute Gasteiger partial charge is 0.326 e. The van der Waals surface area contributed by atoms with Gasteiger partial charge < -0.3 is 5.32 Å². The Hall–Kier alpha value is -2.49. The topological polar surface area (TPSA) is 50.1 Å². The predicted octanol–water partition coefficient (Wildman–Crippen LogP) is 1.82. The first-order valence-electron chi connectivity index (χ1n) is 6.00. The van der Waals surface area contributed by atoms with Gasteiger partial charge in [0, 0.05) is 30.3 Å². The van der Waals surface area contributed by atoms with Gasteiger partial charge in [-0.25, -0.2) is 0 Å². The number of amides is 1. The smallest absolute Gasteiger partial charge is 0.227 e. The third kappa shape index (κ3) is 3.74. The molecule has 1 aromatic carbocycles. The van der Waals surface area contributed by atoms with Gasteiger partial charge in [0.25, 0.3) is 0 Å². The summed E-state index contributed by atoms with van der Waals surface area (Å²) in [5, 5.41) is 2.67. The van der Waals surface area contributed by atoms with E-state index in [-0.39, 0.29) is 11.7 Å². The van der Waals surface area contributed by atoms with Crippen molar-refractivity contribution in [3.63, 3.8) is 0 Å². The Kier molecular flexibility index (Phi) is 4.03. The lowest BCUT2D eigenvalue weighted by Crippen LogP contribution is -2.36. The van der Waals surface area contributed by atoms with Gasteiger partial charge in [-0.1, -0.05) is 6.07 Å². The average molecular weight is 255 g/mol. The minimum absolute atomic E-state index is 0.0329. The maximum absolute atomic E-state index is 12.0. The number of carbonyl (C=O) groups excluding carboxylic acids is 2. The van der Waals surface area contributed by atoms with Crippen LogP contribution in [-0.4, -0.2) is 11.7 Å². The summed E-state index contributed by atoms with van der Waals surface area (Å²) in [5.41, 5.74) is 1.32. The summed E-state index contributed by atoms with van der Waals surface area (Å²) in [4.78, 5) is 22.9. The molecule has 0 aliphatic rings. The molecular weight excluding hydrogens is 240 g/mol. The van der Waals surface area contributed by atoms with Crippen molar-refractivity contribution >= 4 is 17.4 Å². The lowest BCUT2D eigenvalue weighted by Gasteiger charge is -2.03. The van der Waals surface area contributed by atoms with Crippen LogP contribution in [0.4, 0.5) is 5.69 Å². The third-order valence-electron chi connectivity index (χ3n) is 2.63. The molecular formula is C15H15N2O2+. The number of anilines is 1. The van der Waals surface area contributed by atoms with Crippen LogP contribution >= 0.6 is 0 Å². The molecule has 1 N–H and O–H groups in total. The van der Waals surface area contributed by atoms with Gasteiger partial charge in [-0.3, -0.25) is 9.59 Å². The van der Waals surface area contributed by atoms with Crippen LogP contribution in [0.25, 0.3) is 0 Å². The molecule has 0 saturated heterocycles. The summed E-state index contributed by atoms with van der Waals surface area (Å²) in [6, 6.07) is 12.6. The molecule has 19 heavy (non-hydrogen) atoms. The molecule has 96 valence electrons. The number of hydrogen-bond acceptors (Lipinski definition) is 2. The fourth-order valence-electron chi connectivity index (χ4n) is 1.74. The maximum atomic E-state index is 12.0. The minimum Gasteiger partial charge on any atom is -0.326 e. The summed E-state index contributed by atoms with van der Waals surface area (Å²) in [7, 11) is 0. The number of Topliss-reactive ketones (excluding diaryl/α,β-unsaturated/α-hetero) is 1. The van der Waals surface area contributed by atoms with Crippen molar-refractivity contribution in [3.8, 4) is 0 Å². The van der Waals surface area contributed by atoms with E-state index in [9.17, 15) is 9.59 Å². The number of carbonyl (C=O) groups is 2. The fraction of sp³-hybridized carbons (Fsp3) is 0.133. The van der Waals surface area contributed by atoms with E-state index in [0.717, 1.165) is 0 Å². The van der Waals surface area contributed by atoms with Gasteiger partial charge in [-0.2, -0.15) is 4.57 Å². The molecule has 0 aliphatic heterocycles. The lowest BCUT2D eigenvalue weighted by molar-refractivity contribution is -0.683. The molecule has 1 amide bonds. The first-order chi connectivity index (χ1) is 9.15. The molecule has 0 spiro atoms. The highest BCUT2D eigenvalue weighted by molar-refractivity contribution is 5.96. The molecule has 0 aliphatic carbocycles. The normalized spacial score (nSPS) is 9.95. The summed E-state index contributed by atoms with van der Waals surface area (Å²) in [5.74, 6) is -0.0931. The van der Waals surface area contributed by atoms with Crippen LogP contribution in [0.5, 0.6) is 0 Å². The van der Waals surface area contributed by atoms with E-state index in [1.165, 1.54) is 6.92 Å². The molecule has 2 aromatic rings. The van der Waals surface area contributed by atoms with E-state index in [2.05, 4.69) is 5.32 Å². The lowest BCUT2D eigenvalue weighted by atomic mass is 10.1. The second kappa shape index (κ2) is 5.91. The molecule has 4 nitrogen and oxygen atoms in total. The fourth-order valence-corrected chi connectivity index (χ4v) is 1.74. The molecule has 0 fully saturated rings. The minimum atomic E-state index is -0.126. The van der Waals surface area contributed by atoms with Crippen LogP contribution in [-0.2, 0) is 11.3 Å². The van der Waals surface area contributed by atoms with Crippen LogP contribution < -0.4 is 9.88 Å². The van der Waals surface area contributed by atoms with E-state index in [4.69, 9.17) is 0 Å². The Balaban J connectivity index is 2.05. The first-order valence-corrected chi connectivity index (χ1v) is 6.00.